The molecule has 0 fully saturated rings. The molecule has 5 heteroatoms. The molecule has 60 valence electrons. The molecule has 0 aromatic carbocycles. The molecule has 0 aliphatic heterocycles. The van der Waals surface area contributed by atoms with E-state index in [4.69, 9.17) is 11.6 Å². The topological polar surface area (TPSA) is 58.6 Å². The van der Waals surface area contributed by atoms with Gasteiger partial charge in [-0.2, -0.15) is 5.10 Å². The molecule has 0 amide bonds. The van der Waals surface area contributed by atoms with Gasteiger partial charge in [0.05, 0.1) is 22.1 Å². The molecule has 0 aliphatic carbocycles. The highest BCUT2D eigenvalue weighted by Crippen LogP contribution is 2.15. The van der Waals surface area contributed by atoms with Crippen LogP contribution in [0.25, 0.3) is 10.9 Å². The first-order valence-corrected chi connectivity index (χ1v) is 3.65. The second-order valence-corrected chi connectivity index (χ2v) is 2.66. The van der Waals surface area contributed by atoms with Gasteiger partial charge in [-0.25, -0.2) is 5.10 Å². The molecule has 0 bridgehead atoms. The van der Waals surface area contributed by atoms with Crippen molar-refractivity contribution in [3.05, 3.63) is 33.8 Å². The third-order valence-corrected chi connectivity index (χ3v) is 1.82. The molecule has 2 aromatic rings. The van der Waals surface area contributed by atoms with E-state index in [1.54, 1.807) is 6.07 Å². The highest BCUT2D eigenvalue weighted by molar-refractivity contribution is 6.35. The summed E-state index contributed by atoms with van der Waals surface area (Å²) in [6.45, 7) is 0. The number of H-pyrrole nitrogens is 1. The summed E-state index contributed by atoms with van der Waals surface area (Å²) in [4.78, 5) is 15.1. The van der Waals surface area contributed by atoms with Crippen LogP contribution in [0.2, 0.25) is 5.02 Å². The number of rotatable bonds is 0. The lowest BCUT2D eigenvalue weighted by Gasteiger charge is -1.94. The van der Waals surface area contributed by atoms with Crippen LogP contribution in [0.5, 0.6) is 0 Å². The fraction of sp³-hybridized carbons (Fsp3) is 0. The van der Waals surface area contributed by atoms with Gasteiger partial charge in [-0.15, -0.1) is 0 Å². The Morgan fingerprint density at radius 1 is 1.50 bits per heavy atom. The summed E-state index contributed by atoms with van der Waals surface area (Å²) in [5.74, 6) is 0. The van der Waals surface area contributed by atoms with Crippen LogP contribution in [0.4, 0.5) is 0 Å². The number of hydrogen-bond donors (Lipinski definition) is 1. The van der Waals surface area contributed by atoms with Gasteiger partial charge in [-0.05, 0) is 6.07 Å². The minimum atomic E-state index is -0.314. The average molecular weight is 182 g/mol. The number of hydrogen-bond acceptors (Lipinski definition) is 3. The van der Waals surface area contributed by atoms with Crippen LogP contribution in [-0.4, -0.2) is 15.2 Å². The van der Waals surface area contributed by atoms with E-state index in [2.05, 4.69) is 15.2 Å². The largest absolute Gasteiger partial charge is 0.275 e. The number of fused-ring (bicyclic) bond motifs is 1. The van der Waals surface area contributed by atoms with E-state index in [0.29, 0.717) is 15.9 Å². The Labute approximate surface area is 72.2 Å². The van der Waals surface area contributed by atoms with Crippen LogP contribution in [0.3, 0.4) is 0 Å². The molecule has 0 spiro atoms. The Balaban J connectivity index is 3.07. The minimum absolute atomic E-state index is 0.314. The summed E-state index contributed by atoms with van der Waals surface area (Å²) in [5.41, 5.74) is 0.192. The van der Waals surface area contributed by atoms with Gasteiger partial charge in [0.25, 0.3) is 5.56 Å². The van der Waals surface area contributed by atoms with E-state index in [-0.39, 0.29) is 5.56 Å². The quantitative estimate of drug-likeness (QED) is 0.659. The molecule has 1 N–H and O–H groups in total. The molecule has 0 aliphatic rings. The van der Waals surface area contributed by atoms with Gasteiger partial charge in [-0.1, -0.05) is 11.6 Å². The number of nitrogens with one attached hydrogen (secondary N) is 1. The van der Waals surface area contributed by atoms with Gasteiger partial charge in [0.1, 0.15) is 0 Å². The van der Waals surface area contributed by atoms with Gasteiger partial charge >= 0.3 is 0 Å². The lowest BCUT2D eigenvalue weighted by Crippen LogP contribution is -2.08. The maximum absolute atomic E-state index is 11.2. The van der Waals surface area contributed by atoms with Gasteiger partial charge < -0.3 is 0 Å². The number of nitrogens with zero attached hydrogens (tertiary/aromatic N) is 2. The zero-order valence-corrected chi connectivity index (χ0v) is 6.67. The van der Waals surface area contributed by atoms with Crippen LogP contribution >= 0.6 is 11.6 Å². The molecular weight excluding hydrogens is 178 g/mol. The van der Waals surface area contributed by atoms with Crippen molar-refractivity contribution in [1.29, 1.82) is 0 Å². The Bertz CT molecular complexity index is 474. The lowest BCUT2D eigenvalue weighted by molar-refractivity contribution is 1.00. The Kier molecular flexibility index (Phi) is 1.55. The van der Waals surface area contributed by atoms with E-state index < -0.39 is 0 Å². The summed E-state index contributed by atoms with van der Waals surface area (Å²) >= 11 is 5.77. The van der Waals surface area contributed by atoms with Crippen LogP contribution in [0.15, 0.2) is 23.3 Å². The predicted octanol–water partition coefficient (Wildman–Crippen LogP) is 0.971. The molecule has 4 nitrogen and oxygen atoms in total. The van der Waals surface area contributed by atoms with Crippen LogP contribution in [0, 0.1) is 0 Å². The van der Waals surface area contributed by atoms with Crippen LogP contribution in [0.1, 0.15) is 0 Å². The number of halogens is 1. The van der Waals surface area contributed by atoms with Gasteiger partial charge in [0, 0.05) is 6.20 Å². The van der Waals surface area contributed by atoms with Crippen molar-refractivity contribution in [2.45, 2.75) is 0 Å². The fourth-order valence-electron chi connectivity index (χ4n) is 0.984. The fourth-order valence-corrected chi connectivity index (χ4v) is 1.22. The van der Waals surface area contributed by atoms with Crippen molar-refractivity contribution in [3.8, 4) is 0 Å². The lowest BCUT2D eigenvalue weighted by atomic mass is 10.3. The van der Waals surface area contributed by atoms with E-state index >= 15 is 0 Å². The second-order valence-electron chi connectivity index (χ2n) is 2.25. The smallest absolute Gasteiger partial charge is 0.267 e. The molecule has 0 atom stereocenters. The second kappa shape index (κ2) is 2.57. The minimum Gasteiger partial charge on any atom is -0.267 e. The van der Waals surface area contributed by atoms with Crippen molar-refractivity contribution in [3.63, 3.8) is 0 Å². The zero-order valence-electron chi connectivity index (χ0n) is 5.91. The van der Waals surface area contributed by atoms with Crippen LogP contribution in [-0.2, 0) is 0 Å². The highest BCUT2D eigenvalue weighted by Gasteiger charge is 2.02. The number of aromatic nitrogens is 3. The first-order chi connectivity index (χ1) is 5.79. The molecule has 2 heterocycles. The third kappa shape index (κ3) is 0.967. The monoisotopic (exact) mass is 181 g/mol. The maximum Gasteiger partial charge on any atom is 0.275 e. The molecule has 0 saturated heterocycles. The molecule has 12 heavy (non-hydrogen) atoms. The first-order valence-electron chi connectivity index (χ1n) is 3.27. The van der Waals surface area contributed by atoms with Crippen molar-refractivity contribution in [2.75, 3.05) is 0 Å². The van der Waals surface area contributed by atoms with E-state index in [0.717, 1.165) is 0 Å². The van der Waals surface area contributed by atoms with Gasteiger partial charge in [-0.3, -0.25) is 9.78 Å². The zero-order chi connectivity index (χ0) is 8.55. The summed E-state index contributed by atoms with van der Waals surface area (Å²) in [6.07, 6.45) is 2.99. The van der Waals surface area contributed by atoms with E-state index in [1.807, 2.05) is 0 Å². The molecule has 0 saturated carbocycles. The van der Waals surface area contributed by atoms with Crippen molar-refractivity contribution in [1.82, 2.24) is 15.2 Å². The maximum atomic E-state index is 11.2. The normalized spacial score (nSPS) is 10.4. The van der Waals surface area contributed by atoms with Crippen LogP contribution < -0.4 is 5.56 Å². The molecule has 0 radical (unpaired) electrons. The Morgan fingerprint density at radius 2 is 2.33 bits per heavy atom. The van der Waals surface area contributed by atoms with Crippen molar-refractivity contribution < 1.29 is 0 Å². The van der Waals surface area contributed by atoms with E-state index in [1.165, 1.54) is 12.4 Å². The predicted molar refractivity (Wildman–Crippen MR) is 45.2 cm³/mol. The molecular formula is C7H4ClN3O. The Hall–Kier alpha value is -1.42. The third-order valence-electron chi connectivity index (χ3n) is 1.51. The summed E-state index contributed by atoms with van der Waals surface area (Å²) < 4.78 is 0. The summed E-state index contributed by atoms with van der Waals surface area (Å²) in [7, 11) is 0. The van der Waals surface area contributed by atoms with E-state index in [9.17, 15) is 4.79 Å². The molecule has 2 rings (SSSR count). The number of aromatic amines is 1. The van der Waals surface area contributed by atoms with Gasteiger partial charge in [0.15, 0.2) is 0 Å². The van der Waals surface area contributed by atoms with Crippen molar-refractivity contribution >= 4 is 22.5 Å². The SMILES string of the molecule is O=c1[nH]ncc2nccc(Cl)c12. The summed E-state index contributed by atoms with van der Waals surface area (Å²) in [5, 5.41) is 6.66. The average Bonchev–Trinajstić information content (AvgIpc) is 2.04. The van der Waals surface area contributed by atoms with Gasteiger partial charge in [0.2, 0.25) is 0 Å². The standard InChI is InChI=1S/C7H4ClN3O/c8-4-1-2-9-5-3-10-11-7(12)6(4)5/h1-3H,(H,11,12). The molecule has 0 unspecified atom stereocenters. The number of pyridine rings is 1. The van der Waals surface area contributed by atoms with Crippen molar-refractivity contribution in [2.24, 2.45) is 0 Å². The first kappa shape index (κ1) is 7.24. The Morgan fingerprint density at radius 3 is 3.08 bits per heavy atom. The molecule has 2 aromatic heterocycles. The highest BCUT2D eigenvalue weighted by atomic mass is 35.5. The summed E-state index contributed by atoms with van der Waals surface area (Å²) in [6, 6.07) is 1.57.